The van der Waals surface area contributed by atoms with Crippen molar-refractivity contribution in [3.63, 3.8) is 0 Å². The van der Waals surface area contributed by atoms with Crippen molar-refractivity contribution in [3.05, 3.63) is 0 Å². The molecule has 1 atom stereocenters. The Morgan fingerprint density at radius 3 is 2.78 bits per heavy atom. The van der Waals surface area contributed by atoms with E-state index in [1.807, 2.05) is 7.05 Å². The molecule has 0 amide bonds. The van der Waals surface area contributed by atoms with Gasteiger partial charge in [-0.15, -0.1) is 0 Å². The Kier molecular flexibility index (Phi) is 2.05. The van der Waals surface area contributed by atoms with Gasteiger partial charge in [-0.25, -0.2) is 0 Å². The third kappa shape index (κ3) is 1.23. The van der Waals surface area contributed by atoms with E-state index in [-0.39, 0.29) is 5.54 Å². The Morgan fingerprint density at radius 2 is 2.56 bits per heavy atom. The summed E-state index contributed by atoms with van der Waals surface area (Å²) in [4.78, 5) is 0. The molecule has 1 unspecified atom stereocenters. The van der Waals surface area contributed by atoms with E-state index in [0.29, 0.717) is 6.54 Å². The average Bonchev–Trinajstić information content (AvgIpc) is 2.36. The summed E-state index contributed by atoms with van der Waals surface area (Å²) in [5, 5.41) is 3.18. The molecule has 54 valence electrons. The summed E-state index contributed by atoms with van der Waals surface area (Å²) in [6, 6.07) is 0. The normalized spacial score (nSPS) is 35.3. The van der Waals surface area contributed by atoms with Gasteiger partial charge in [0.25, 0.3) is 0 Å². The van der Waals surface area contributed by atoms with Crippen molar-refractivity contribution in [1.82, 2.24) is 5.32 Å². The molecule has 0 saturated carbocycles. The summed E-state index contributed by atoms with van der Waals surface area (Å²) in [5.74, 6) is 0. The van der Waals surface area contributed by atoms with E-state index in [1.165, 1.54) is 0 Å². The predicted octanol–water partition coefficient (Wildman–Crippen LogP) is -0.676. The first-order valence-electron chi connectivity index (χ1n) is 3.30. The number of rotatable bonds is 2. The van der Waals surface area contributed by atoms with Gasteiger partial charge in [-0.05, 0) is 13.5 Å². The van der Waals surface area contributed by atoms with Crippen LogP contribution >= 0.6 is 0 Å². The fraction of sp³-hybridized carbons (Fsp3) is 1.00. The molecule has 1 heterocycles. The summed E-state index contributed by atoms with van der Waals surface area (Å²) in [7, 11) is 1.93. The molecule has 0 radical (unpaired) electrons. The zero-order chi connectivity index (χ0) is 6.74. The van der Waals surface area contributed by atoms with Crippen molar-refractivity contribution in [3.8, 4) is 0 Å². The Labute approximate surface area is 55.6 Å². The minimum Gasteiger partial charge on any atom is -0.379 e. The van der Waals surface area contributed by atoms with Gasteiger partial charge in [0, 0.05) is 13.2 Å². The van der Waals surface area contributed by atoms with E-state index >= 15 is 0 Å². The summed E-state index contributed by atoms with van der Waals surface area (Å²) >= 11 is 0. The third-order valence-electron chi connectivity index (χ3n) is 2.02. The topological polar surface area (TPSA) is 47.3 Å². The quantitative estimate of drug-likeness (QED) is 0.521. The van der Waals surface area contributed by atoms with Crippen LogP contribution < -0.4 is 11.1 Å². The second-order valence-corrected chi connectivity index (χ2v) is 2.54. The Balaban J connectivity index is 2.45. The number of hydrogen-bond acceptors (Lipinski definition) is 3. The van der Waals surface area contributed by atoms with Crippen molar-refractivity contribution < 1.29 is 4.74 Å². The zero-order valence-electron chi connectivity index (χ0n) is 5.81. The van der Waals surface area contributed by atoms with Crippen molar-refractivity contribution in [2.45, 2.75) is 12.0 Å². The van der Waals surface area contributed by atoms with Gasteiger partial charge in [-0.1, -0.05) is 0 Å². The Morgan fingerprint density at radius 1 is 1.78 bits per heavy atom. The SMILES string of the molecule is CNC1(CN)CCOC1. The minimum absolute atomic E-state index is 0.0833. The number of ether oxygens (including phenoxy) is 1. The largest absolute Gasteiger partial charge is 0.379 e. The van der Waals surface area contributed by atoms with Crippen LogP contribution in [0.1, 0.15) is 6.42 Å². The van der Waals surface area contributed by atoms with Crippen molar-refractivity contribution in [2.75, 3.05) is 26.8 Å². The molecular weight excluding hydrogens is 116 g/mol. The highest BCUT2D eigenvalue weighted by Crippen LogP contribution is 2.15. The van der Waals surface area contributed by atoms with Gasteiger partial charge in [0.05, 0.1) is 12.1 Å². The van der Waals surface area contributed by atoms with Crippen molar-refractivity contribution >= 4 is 0 Å². The van der Waals surface area contributed by atoms with E-state index < -0.39 is 0 Å². The van der Waals surface area contributed by atoms with E-state index in [1.54, 1.807) is 0 Å². The highest BCUT2D eigenvalue weighted by atomic mass is 16.5. The molecule has 9 heavy (non-hydrogen) atoms. The summed E-state index contributed by atoms with van der Waals surface area (Å²) in [5.41, 5.74) is 5.62. The molecule has 1 saturated heterocycles. The predicted molar refractivity (Wildman–Crippen MR) is 36.3 cm³/mol. The standard InChI is InChI=1S/C6H14N2O/c1-8-6(4-7)2-3-9-5-6/h8H,2-5,7H2,1H3. The lowest BCUT2D eigenvalue weighted by molar-refractivity contribution is 0.171. The lowest BCUT2D eigenvalue weighted by Crippen LogP contribution is -2.49. The number of nitrogens with two attached hydrogens (primary N) is 1. The molecule has 3 heteroatoms. The van der Waals surface area contributed by atoms with Crippen molar-refractivity contribution in [2.24, 2.45) is 5.73 Å². The van der Waals surface area contributed by atoms with Crippen LogP contribution in [0, 0.1) is 0 Å². The second kappa shape index (κ2) is 2.64. The second-order valence-electron chi connectivity index (χ2n) is 2.54. The molecule has 0 aromatic rings. The van der Waals surface area contributed by atoms with Crippen LogP contribution in [0.5, 0.6) is 0 Å². The maximum atomic E-state index is 5.54. The van der Waals surface area contributed by atoms with Crippen molar-refractivity contribution in [1.29, 1.82) is 0 Å². The van der Waals surface area contributed by atoms with Crippen LogP contribution in [0.4, 0.5) is 0 Å². The van der Waals surface area contributed by atoms with Crippen LogP contribution in [0.2, 0.25) is 0 Å². The first-order valence-corrected chi connectivity index (χ1v) is 3.30. The average molecular weight is 130 g/mol. The highest BCUT2D eigenvalue weighted by molar-refractivity contribution is 4.91. The highest BCUT2D eigenvalue weighted by Gasteiger charge is 2.31. The van der Waals surface area contributed by atoms with Crippen LogP contribution in [-0.2, 0) is 4.74 Å². The molecule has 0 spiro atoms. The third-order valence-corrected chi connectivity index (χ3v) is 2.02. The molecular formula is C6H14N2O. The smallest absolute Gasteiger partial charge is 0.0661 e. The zero-order valence-corrected chi connectivity index (χ0v) is 5.81. The van der Waals surface area contributed by atoms with E-state index in [0.717, 1.165) is 19.6 Å². The van der Waals surface area contributed by atoms with Gasteiger partial charge in [0.1, 0.15) is 0 Å². The fourth-order valence-corrected chi connectivity index (χ4v) is 1.07. The van der Waals surface area contributed by atoms with Crippen LogP contribution in [0.25, 0.3) is 0 Å². The Hall–Kier alpha value is -0.120. The van der Waals surface area contributed by atoms with E-state index in [4.69, 9.17) is 10.5 Å². The van der Waals surface area contributed by atoms with Gasteiger partial charge in [0.15, 0.2) is 0 Å². The fourth-order valence-electron chi connectivity index (χ4n) is 1.07. The lowest BCUT2D eigenvalue weighted by atomic mass is 10.00. The summed E-state index contributed by atoms with van der Waals surface area (Å²) in [6.07, 6.45) is 1.04. The molecule has 3 nitrogen and oxygen atoms in total. The summed E-state index contributed by atoms with van der Waals surface area (Å²) < 4.78 is 5.20. The lowest BCUT2D eigenvalue weighted by Gasteiger charge is -2.23. The molecule has 0 bridgehead atoms. The molecule has 1 aliphatic rings. The van der Waals surface area contributed by atoms with Crippen LogP contribution in [0.3, 0.4) is 0 Å². The van der Waals surface area contributed by atoms with Gasteiger partial charge in [0.2, 0.25) is 0 Å². The molecule has 0 aromatic carbocycles. The molecule has 0 aromatic heterocycles. The maximum Gasteiger partial charge on any atom is 0.0661 e. The number of likely N-dealkylation sites (N-methyl/N-ethyl adjacent to an activating group) is 1. The molecule has 1 fully saturated rings. The summed E-state index contributed by atoms with van der Waals surface area (Å²) in [6.45, 7) is 2.28. The van der Waals surface area contributed by atoms with Crippen LogP contribution in [0.15, 0.2) is 0 Å². The number of hydrogen-bond donors (Lipinski definition) is 2. The molecule has 0 aliphatic carbocycles. The minimum atomic E-state index is 0.0833. The molecule has 1 rings (SSSR count). The molecule has 3 N–H and O–H groups in total. The van der Waals surface area contributed by atoms with Gasteiger partial charge in [-0.2, -0.15) is 0 Å². The first kappa shape index (κ1) is 6.99. The van der Waals surface area contributed by atoms with Gasteiger partial charge in [-0.3, -0.25) is 0 Å². The van der Waals surface area contributed by atoms with Gasteiger partial charge >= 0.3 is 0 Å². The van der Waals surface area contributed by atoms with E-state index in [9.17, 15) is 0 Å². The monoisotopic (exact) mass is 130 g/mol. The van der Waals surface area contributed by atoms with Gasteiger partial charge < -0.3 is 15.8 Å². The first-order chi connectivity index (χ1) is 4.33. The van der Waals surface area contributed by atoms with Crippen LogP contribution in [-0.4, -0.2) is 32.3 Å². The van der Waals surface area contributed by atoms with E-state index in [2.05, 4.69) is 5.32 Å². The number of nitrogens with one attached hydrogen (secondary N) is 1. The maximum absolute atomic E-state index is 5.54. The molecule has 1 aliphatic heterocycles. The Bertz CT molecular complexity index is 83.1.